The van der Waals surface area contributed by atoms with Gasteiger partial charge in [0.15, 0.2) is 6.04 Å². The lowest BCUT2D eigenvalue weighted by Gasteiger charge is -2.25. The molecule has 0 spiro atoms. The largest absolute Gasteiger partial charge is 0.479 e. The van der Waals surface area contributed by atoms with Gasteiger partial charge in [0, 0.05) is 31.9 Å². The van der Waals surface area contributed by atoms with Crippen LogP contribution in [0.2, 0.25) is 0 Å². The predicted octanol–water partition coefficient (Wildman–Crippen LogP) is 0.986. The molecule has 0 saturated carbocycles. The van der Waals surface area contributed by atoms with Crippen LogP contribution < -0.4 is 5.32 Å². The SMILES string of the molecule is CCC(C)N(C)C(=O)NC(C(=O)O)c1cnn(C)c1. The number of aryl methyl sites for hydroxylation is 1. The number of carbonyl (C=O) groups is 2. The van der Waals surface area contributed by atoms with Gasteiger partial charge < -0.3 is 15.3 Å². The number of hydrogen-bond donors (Lipinski definition) is 2. The Balaban J connectivity index is 2.80. The Hall–Kier alpha value is -2.05. The Bertz CT molecular complexity index is 458. The van der Waals surface area contributed by atoms with Gasteiger partial charge in [0.25, 0.3) is 0 Å². The van der Waals surface area contributed by atoms with Crippen LogP contribution in [0.1, 0.15) is 31.9 Å². The molecule has 7 heteroatoms. The summed E-state index contributed by atoms with van der Waals surface area (Å²) in [7, 11) is 3.33. The third-order valence-electron chi connectivity index (χ3n) is 3.15. The van der Waals surface area contributed by atoms with Crippen molar-refractivity contribution in [3.8, 4) is 0 Å². The van der Waals surface area contributed by atoms with Gasteiger partial charge in [0.05, 0.1) is 6.20 Å². The average Bonchev–Trinajstić information content (AvgIpc) is 2.79. The van der Waals surface area contributed by atoms with Crippen molar-refractivity contribution < 1.29 is 14.7 Å². The lowest BCUT2D eigenvalue weighted by Crippen LogP contribution is -2.45. The molecule has 7 nitrogen and oxygen atoms in total. The van der Waals surface area contributed by atoms with E-state index >= 15 is 0 Å². The number of urea groups is 1. The lowest BCUT2D eigenvalue weighted by molar-refractivity contribution is -0.139. The Morgan fingerprint density at radius 1 is 1.58 bits per heavy atom. The molecule has 1 heterocycles. The topological polar surface area (TPSA) is 87.5 Å². The van der Waals surface area contributed by atoms with E-state index in [9.17, 15) is 14.7 Å². The summed E-state index contributed by atoms with van der Waals surface area (Å²) in [6, 6.07) is -1.46. The molecule has 2 amide bonds. The first-order valence-corrected chi connectivity index (χ1v) is 6.11. The fourth-order valence-electron chi connectivity index (χ4n) is 1.58. The number of aliphatic carboxylic acids is 1. The van der Waals surface area contributed by atoms with Crippen LogP contribution in [0, 0.1) is 0 Å². The molecule has 1 rings (SSSR count). The van der Waals surface area contributed by atoms with Crippen LogP contribution in [-0.4, -0.2) is 44.9 Å². The number of carboxylic acids is 1. The third kappa shape index (κ3) is 3.70. The number of carboxylic acid groups (broad SMARTS) is 1. The number of nitrogens with one attached hydrogen (secondary N) is 1. The summed E-state index contributed by atoms with van der Waals surface area (Å²) in [6.07, 6.45) is 3.80. The van der Waals surface area contributed by atoms with Crippen LogP contribution in [-0.2, 0) is 11.8 Å². The second-order valence-corrected chi connectivity index (χ2v) is 4.54. The van der Waals surface area contributed by atoms with Crippen LogP contribution in [0.25, 0.3) is 0 Å². The Labute approximate surface area is 112 Å². The van der Waals surface area contributed by atoms with Crippen molar-refractivity contribution in [3.05, 3.63) is 18.0 Å². The fraction of sp³-hybridized carbons (Fsp3) is 0.583. The smallest absolute Gasteiger partial charge is 0.331 e. The lowest BCUT2D eigenvalue weighted by atomic mass is 10.1. The summed E-state index contributed by atoms with van der Waals surface area (Å²) >= 11 is 0. The van der Waals surface area contributed by atoms with E-state index in [-0.39, 0.29) is 6.04 Å². The molecular weight excluding hydrogens is 248 g/mol. The van der Waals surface area contributed by atoms with Gasteiger partial charge in [-0.05, 0) is 13.3 Å². The van der Waals surface area contributed by atoms with Gasteiger partial charge in [0.1, 0.15) is 0 Å². The van der Waals surface area contributed by atoms with E-state index < -0.39 is 18.0 Å². The highest BCUT2D eigenvalue weighted by Crippen LogP contribution is 2.13. The maximum atomic E-state index is 12.0. The maximum Gasteiger partial charge on any atom is 0.331 e. The summed E-state index contributed by atoms with van der Waals surface area (Å²) in [5.74, 6) is -1.11. The molecule has 0 saturated heterocycles. The van der Waals surface area contributed by atoms with Gasteiger partial charge in [-0.1, -0.05) is 6.92 Å². The fourth-order valence-corrected chi connectivity index (χ4v) is 1.58. The van der Waals surface area contributed by atoms with Gasteiger partial charge in [-0.2, -0.15) is 5.10 Å². The Kier molecular flexibility index (Phi) is 4.91. The molecule has 0 bridgehead atoms. The third-order valence-corrected chi connectivity index (χ3v) is 3.15. The van der Waals surface area contributed by atoms with E-state index in [1.165, 1.54) is 15.8 Å². The molecule has 2 unspecified atom stereocenters. The molecule has 2 atom stereocenters. The van der Waals surface area contributed by atoms with Crippen LogP contribution in [0.4, 0.5) is 4.79 Å². The van der Waals surface area contributed by atoms with Gasteiger partial charge in [-0.15, -0.1) is 0 Å². The Morgan fingerprint density at radius 3 is 2.63 bits per heavy atom. The van der Waals surface area contributed by atoms with Gasteiger partial charge in [-0.3, -0.25) is 4.68 Å². The zero-order valence-electron chi connectivity index (χ0n) is 11.6. The van der Waals surface area contributed by atoms with Crippen molar-refractivity contribution in [2.24, 2.45) is 7.05 Å². The van der Waals surface area contributed by atoms with Crippen LogP contribution >= 0.6 is 0 Å². The van der Waals surface area contributed by atoms with Gasteiger partial charge in [0.2, 0.25) is 0 Å². The van der Waals surface area contributed by atoms with Crippen molar-refractivity contribution in [1.82, 2.24) is 20.0 Å². The first kappa shape index (κ1) is 15.0. The van der Waals surface area contributed by atoms with Crippen molar-refractivity contribution in [2.45, 2.75) is 32.4 Å². The minimum atomic E-state index is -1.11. The second kappa shape index (κ2) is 6.21. The minimum absolute atomic E-state index is 0.0448. The van der Waals surface area contributed by atoms with Crippen molar-refractivity contribution in [3.63, 3.8) is 0 Å². The van der Waals surface area contributed by atoms with E-state index in [0.717, 1.165) is 6.42 Å². The number of hydrogen-bond acceptors (Lipinski definition) is 3. The number of amides is 2. The van der Waals surface area contributed by atoms with Crippen LogP contribution in [0.5, 0.6) is 0 Å². The number of aromatic nitrogens is 2. The molecule has 2 N–H and O–H groups in total. The molecule has 0 aliphatic carbocycles. The molecule has 0 aliphatic rings. The van der Waals surface area contributed by atoms with E-state index in [1.807, 2.05) is 13.8 Å². The summed E-state index contributed by atoms with van der Waals surface area (Å²) < 4.78 is 1.50. The highest BCUT2D eigenvalue weighted by molar-refractivity contribution is 5.83. The molecule has 1 aromatic heterocycles. The van der Waals surface area contributed by atoms with E-state index in [0.29, 0.717) is 5.56 Å². The molecule has 1 aromatic rings. The first-order valence-electron chi connectivity index (χ1n) is 6.11. The predicted molar refractivity (Wildman–Crippen MR) is 69.6 cm³/mol. The van der Waals surface area contributed by atoms with Crippen molar-refractivity contribution in [2.75, 3.05) is 7.05 Å². The standard InChI is InChI=1S/C12H20N4O3/c1-5-8(2)16(4)12(19)14-10(11(17)18)9-6-13-15(3)7-9/h6-8,10H,5H2,1-4H3,(H,14,19)(H,17,18). The minimum Gasteiger partial charge on any atom is -0.479 e. The second-order valence-electron chi connectivity index (χ2n) is 4.54. The number of rotatable bonds is 5. The van der Waals surface area contributed by atoms with Crippen molar-refractivity contribution >= 4 is 12.0 Å². The number of carbonyl (C=O) groups excluding carboxylic acids is 1. The molecular formula is C12H20N4O3. The zero-order valence-corrected chi connectivity index (χ0v) is 11.6. The Morgan fingerprint density at radius 2 is 2.21 bits per heavy atom. The number of nitrogens with zero attached hydrogens (tertiary/aromatic N) is 3. The average molecular weight is 268 g/mol. The van der Waals surface area contributed by atoms with E-state index in [1.54, 1.807) is 20.3 Å². The van der Waals surface area contributed by atoms with Crippen LogP contribution in [0.15, 0.2) is 12.4 Å². The summed E-state index contributed by atoms with van der Waals surface area (Å²) in [5.41, 5.74) is 0.445. The molecule has 19 heavy (non-hydrogen) atoms. The van der Waals surface area contributed by atoms with Gasteiger partial charge in [-0.25, -0.2) is 9.59 Å². The van der Waals surface area contributed by atoms with Crippen molar-refractivity contribution in [1.29, 1.82) is 0 Å². The molecule has 0 aliphatic heterocycles. The quantitative estimate of drug-likeness (QED) is 0.833. The normalized spacial score (nSPS) is 13.7. The van der Waals surface area contributed by atoms with Crippen LogP contribution in [0.3, 0.4) is 0 Å². The molecule has 0 fully saturated rings. The monoisotopic (exact) mass is 268 g/mol. The van der Waals surface area contributed by atoms with E-state index in [4.69, 9.17) is 0 Å². The summed E-state index contributed by atoms with van der Waals surface area (Å²) in [5, 5.41) is 15.6. The summed E-state index contributed by atoms with van der Waals surface area (Å²) in [4.78, 5) is 24.7. The molecule has 0 aromatic carbocycles. The van der Waals surface area contributed by atoms with E-state index in [2.05, 4.69) is 10.4 Å². The first-order chi connectivity index (χ1) is 8.86. The molecule has 106 valence electrons. The summed E-state index contributed by atoms with van der Waals surface area (Å²) in [6.45, 7) is 3.86. The maximum absolute atomic E-state index is 12.0. The highest BCUT2D eigenvalue weighted by atomic mass is 16.4. The van der Waals surface area contributed by atoms with Gasteiger partial charge >= 0.3 is 12.0 Å². The zero-order chi connectivity index (χ0) is 14.6. The molecule has 0 radical (unpaired) electrons. The highest BCUT2D eigenvalue weighted by Gasteiger charge is 2.25.